The lowest BCUT2D eigenvalue weighted by Gasteiger charge is -2.03. The number of rotatable bonds is 4. The Bertz CT molecular complexity index is 112. The van der Waals surface area contributed by atoms with Gasteiger partial charge in [0.2, 0.25) is 0 Å². The molecule has 0 bridgehead atoms. The van der Waals surface area contributed by atoms with Gasteiger partial charge < -0.3 is 20.8 Å². The Hall–Kier alpha value is 0.0700. The third-order valence-corrected chi connectivity index (χ3v) is 1.27. The lowest BCUT2D eigenvalue weighted by molar-refractivity contribution is 0.368. The first-order valence-electron chi connectivity index (χ1n) is 2.51. The summed E-state index contributed by atoms with van der Waals surface area (Å²) in [5.74, 6) is 0. The van der Waals surface area contributed by atoms with E-state index in [4.69, 9.17) is 15.5 Å². The Morgan fingerprint density at radius 1 is 1.56 bits per heavy atom. The van der Waals surface area contributed by atoms with Gasteiger partial charge in [-0.15, -0.1) is 0 Å². The maximum absolute atomic E-state index is 10.1. The van der Waals surface area contributed by atoms with Crippen LogP contribution in [0.1, 0.15) is 0 Å². The monoisotopic (exact) mass is 154 g/mol. The van der Waals surface area contributed by atoms with Crippen LogP contribution in [-0.2, 0) is 4.57 Å². The molecule has 56 valence electrons. The number of nitrogens with one attached hydrogen (secondary N) is 1. The topological polar surface area (TPSA) is 95.6 Å². The van der Waals surface area contributed by atoms with Gasteiger partial charge in [-0.25, -0.2) is 0 Å². The predicted molar refractivity (Wildman–Crippen MR) is 34.0 cm³/mol. The second-order valence-corrected chi connectivity index (χ2v) is 3.26. The van der Waals surface area contributed by atoms with Crippen LogP contribution in [0.15, 0.2) is 0 Å². The summed E-state index contributed by atoms with van der Waals surface area (Å²) in [5, 5.41) is 2.49. The molecule has 0 amide bonds. The molecule has 0 spiro atoms. The minimum absolute atomic E-state index is 0.288. The van der Waals surface area contributed by atoms with Gasteiger partial charge in [0.15, 0.2) is 0 Å². The molecule has 9 heavy (non-hydrogen) atoms. The summed E-state index contributed by atoms with van der Waals surface area (Å²) in [6.07, 6.45) is -0.288. The molecule has 0 fully saturated rings. The minimum atomic E-state index is -3.86. The Kier molecular flexibility index (Phi) is 4.01. The SMILES string of the molecule is NCCNCP(=O)(O)O. The second kappa shape index (κ2) is 3.98. The maximum atomic E-state index is 10.1. The first-order chi connectivity index (χ1) is 4.06. The standard InChI is InChI=1S/C3H11N2O3P/c4-1-2-5-3-9(6,7)8/h5H,1-4H2,(H2,6,7,8). The van der Waals surface area contributed by atoms with Crippen LogP contribution >= 0.6 is 7.60 Å². The third-order valence-electron chi connectivity index (χ3n) is 0.639. The summed E-state index contributed by atoms with van der Waals surface area (Å²) in [5.41, 5.74) is 5.04. The van der Waals surface area contributed by atoms with Crippen LogP contribution in [0.25, 0.3) is 0 Å². The Morgan fingerprint density at radius 3 is 2.44 bits per heavy atom. The first kappa shape index (κ1) is 9.07. The van der Waals surface area contributed by atoms with Crippen molar-refractivity contribution in [2.24, 2.45) is 5.73 Å². The van der Waals surface area contributed by atoms with Crippen molar-refractivity contribution in [3.05, 3.63) is 0 Å². The molecule has 0 aromatic heterocycles. The van der Waals surface area contributed by atoms with Gasteiger partial charge in [0.05, 0.1) is 6.29 Å². The van der Waals surface area contributed by atoms with Crippen molar-refractivity contribution >= 4 is 7.60 Å². The van der Waals surface area contributed by atoms with Crippen LogP contribution in [-0.4, -0.2) is 29.2 Å². The third kappa shape index (κ3) is 8.07. The largest absolute Gasteiger partial charge is 0.339 e. The molecule has 0 saturated heterocycles. The van der Waals surface area contributed by atoms with Crippen molar-refractivity contribution in [3.8, 4) is 0 Å². The summed E-state index contributed by atoms with van der Waals surface area (Å²) in [7, 11) is -3.86. The normalized spacial score (nSPS) is 11.9. The van der Waals surface area contributed by atoms with E-state index in [9.17, 15) is 4.57 Å². The average molecular weight is 154 g/mol. The van der Waals surface area contributed by atoms with Gasteiger partial charge in [0.1, 0.15) is 0 Å². The van der Waals surface area contributed by atoms with E-state index < -0.39 is 7.60 Å². The molecule has 0 aliphatic rings. The number of hydrogen-bond donors (Lipinski definition) is 4. The molecule has 0 rings (SSSR count). The van der Waals surface area contributed by atoms with E-state index >= 15 is 0 Å². The zero-order valence-corrected chi connectivity index (χ0v) is 5.84. The zero-order valence-electron chi connectivity index (χ0n) is 4.95. The van der Waals surface area contributed by atoms with Crippen LogP contribution < -0.4 is 11.1 Å². The molecule has 0 atom stereocenters. The van der Waals surface area contributed by atoms with E-state index in [0.717, 1.165) is 0 Å². The molecule has 0 saturated carbocycles. The van der Waals surface area contributed by atoms with Gasteiger partial charge in [0, 0.05) is 13.1 Å². The fraction of sp³-hybridized carbons (Fsp3) is 1.00. The highest BCUT2D eigenvalue weighted by Crippen LogP contribution is 2.31. The molecular formula is C3H11N2O3P. The van der Waals surface area contributed by atoms with Crippen LogP contribution in [0.4, 0.5) is 0 Å². The summed E-state index contributed by atoms with van der Waals surface area (Å²) < 4.78 is 10.1. The summed E-state index contributed by atoms with van der Waals surface area (Å²) in [6.45, 7) is 0.825. The Labute approximate surface area is 53.4 Å². The van der Waals surface area contributed by atoms with Crippen molar-refractivity contribution in [2.45, 2.75) is 0 Å². The molecule has 0 unspecified atom stereocenters. The van der Waals surface area contributed by atoms with E-state index in [1.54, 1.807) is 0 Å². The quantitative estimate of drug-likeness (QED) is 0.297. The molecule has 0 heterocycles. The van der Waals surface area contributed by atoms with Crippen LogP contribution in [0.2, 0.25) is 0 Å². The summed E-state index contributed by atoms with van der Waals surface area (Å²) in [4.78, 5) is 16.5. The van der Waals surface area contributed by atoms with Gasteiger partial charge >= 0.3 is 7.60 Å². The smallest absolute Gasteiger partial charge is 0.329 e. The molecule has 0 aromatic carbocycles. The lowest BCUT2D eigenvalue weighted by Crippen LogP contribution is -2.23. The number of hydrogen-bond acceptors (Lipinski definition) is 3. The highest BCUT2D eigenvalue weighted by Gasteiger charge is 2.09. The summed E-state index contributed by atoms with van der Waals surface area (Å²) in [6, 6.07) is 0. The van der Waals surface area contributed by atoms with E-state index in [-0.39, 0.29) is 6.29 Å². The van der Waals surface area contributed by atoms with Crippen molar-refractivity contribution in [3.63, 3.8) is 0 Å². The zero-order chi connectivity index (χ0) is 7.33. The van der Waals surface area contributed by atoms with E-state index in [1.165, 1.54) is 0 Å². The molecule has 6 heteroatoms. The molecule has 0 aromatic rings. The van der Waals surface area contributed by atoms with Gasteiger partial charge in [-0.05, 0) is 0 Å². The van der Waals surface area contributed by atoms with Gasteiger partial charge in [0.25, 0.3) is 0 Å². The molecule has 0 radical (unpaired) electrons. The Morgan fingerprint density at radius 2 is 2.11 bits per heavy atom. The first-order valence-corrected chi connectivity index (χ1v) is 4.31. The van der Waals surface area contributed by atoms with Crippen molar-refractivity contribution in [2.75, 3.05) is 19.4 Å². The maximum Gasteiger partial charge on any atom is 0.339 e. The lowest BCUT2D eigenvalue weighted by atomic mass is 10.7. The fourth-order valence-corrected chi connectivity index (χ4v) is 0.776. The molecule has 5 nitrogen and oxygen atoms in total. The van der Waals surface area contributed by atoms with Crippen LogP contribution in [0.5, 0.6) is 0 Å². The Balaban J connectivity index is 3.18. The van der Waals surface area contributed by atoms with Crippen LogP contribution in [0.3, 0.4) is 0 Å². The van der Waals surface area contributed by atoms with E-state index in [0.29, 0.717) is 13.1 Å². The van der Waals surface area contributed by atoms with E-state index in [1.807, 2.05) is 0 Å². The van der Waals surface area contributed by atoms with Crippen molar-refractivity contribution in [1.29, 1.82) is 0 Å². The molecular weight excluding hydrogens is 143 g/mol. The number of nitrogens with two attached hydrogens (primary N) is 1. The van der Waals surface area contributed by atoms with Crippen LogP contribution in [0, 0.1) is 0 Å². The van der Waals surface area contributed by atoms with Gasteiger partial charge in [-0.2, -0.15) is 0 Å². The second-order valence-electron chi connectivity index (χ2n) is 1.61. The fourth-order valence-electron chi connectivity index (χ4n) is 0.327. The molecule has 5 N–H and O–H groups in total. The predicted octanol–water partition coefficient (Wildman–Crippen LogP) is -1.33. The van der Waals surface area contributed by atoms with Gasteiger partial charge in [-0.1, -0.05) is 0 Å². The molecule has 0 aliphatic carbocycles. The average Bonchev–Trinajstić information content (AvgIpc) is 1.63. The van der Waals surface area contributed by atoms with Gasteiger partial charge in [-0.3, -0.25) is 4.57 Å². The van der Waals surface area contributed by atoms with Crippen molar-refractivity contribution in [1.82, 2.24) is 5.32 Å². The summed E-state index contributed by atoms with van der Waals surface area (Å²) >= 11 is 0. The van der Waals surface area contributed by atoms with E-state index in [2.05, 4.69) is 5.32 Å². The highest BCUT2D eigenvalue weighted by atomic mass is 31.2. The highest BCUT2D eigenvalue weighted by molar-refractivity contribution is 7.51. The van der Waals surface area contributed by atoms with Crippen molar-refractivity contribution < 1.29 is 14.4 Å². The minimum Gasteiger partial charge on any atom is -0.329 e. The molecule has 0 aliphatic heterocycles.